The highest BCUT2D eigenvalue weighted by Gasteiger charge is 2.20. The molecule has 1 N–H and O–H groups in total. The van der Waals surface area contributed by atoms with Gasteiger partial charge in [-0.05, 0) is 30.3 Å². The zero-order valence-corrected chi connectivity index (χ0v) is 17.3. The summed E-state index contributed by atoms with van der Waals surface area (Å²) < 4.78 is 6.08. The van der Waals surface area contributed by atoms with Gasteiger partial charge in [0.05, 0.1) is 45.4 Å². The summed E-state index contributed by atoms with van der Waals surface area (Å²) in [4.78, 5) is 40.7. The van der Waals surface area contributed by atoms with Gasteiger partial charge >= 0.3 is 5.97 Å². The Bertz CT molecular complexity index is 1620. The number of hydrogen-bond acceptors (Lipinski definition) is 6. The molecule has 0 fully saturated rings. The fourth-order valence-corrected chi connectivity index (χ4v) is 3.83. The van der Waals surface area contributed by atoms with Crippen molar-refractivity contribution >= 4 is 33.5 Å². The molecule has 0 spiro atoms. The van der Waals surface area contributed by atoms with Crippen molar-refractivity contribution in [2.24, 2.45) is 0 Å². The van der Waals surface area contributed by atoms with Crippen LogP contribution in [0.5, 0.6) is 0 Å². The number of aromatic nitrogens is 3. The molecule has 0 saturated heterocycles. The van der Waals surface area contributed by atoms with Gasteiger partial charge in [0.25, 0.3) is 11.2 Å². The van der Waals surface area contributed by atoms with Crippen LogP contribution >= 0.6 is 0 Å². The van der Waals surface area contributed by atoms with E-state index in [-0.39, 0.29) is 11.2 Å². The molecule has 0 bridgehead atoms. The van der Waals surface area contributed by atoms with Crippen LogP contribution in [0.15, 0.2) is 77.6 Å². The second kappa shape index (κ2) is 7.72. The van der Waals surface area contributed by atoms with E-state index in [9.17, 15) is 19.7 Å². The van der Waals surface area contributed by atoms with Gasteiger partial charge in [-0.25, -0.2) is 14.5 Å². The molecular weight excluding hydrogens is 424 g/mol. The lowest BCUT2D eigenvalue weighted by atomic mass is 10.0. The molecule has 33 heavy (non-hydrogen) atoms. The number of ether oxygens (including phenoxy) is 1. The maximum atomic E-state index is 13.5. The van der Waals surface area contributed by atoms with Gasteiger partial charge in [0.15, 0.2) is 0 Å². The largest absolute Gasteiger partial charge is 0.465 e. The Morgan fingerprint density at radius 2 is 1.82 bits per heavy atom. The Hall–Kier alpha value is -4.79. The summed E-state index contributed by atoms with van der Waals surface area (Å²) in [5.74, 6) is -0.478. The SMILES string of the molecule is COC(=O)c1ccc(-n2[nH]c3c(c(-c4cccc([N+](=O)[O-])c4)nc4ccccc43)c2=O)cc1. The predicted octanol–water partition coefficient (Wildman–Crippen LogP) is 4.23. The molecule has 0 radical (unpaired) electrons. The van der Waals surface area contributed by atoms with Crippen molar-refractivity contribution in [3.8, 4) is 16.9 Å². The van der Waals surface area contributed by atoms with Crippen LogP contribution in [0.3, 0.4) is 0 Å². The number of pyridine rings is 1. The van der Waals surface area contributed by atoms with E-state index >= 15 is 0 Å². The number of carbonyl (C=O) groups is 1. The van der Waals surface area contributed by atoms with Gasteiger partial charge in [-0.3, -0.25) is 20.0 Å². The van der Waals surface area contributed by atoms with E-state index in [1.165, 1.54) is 23.9 Å². The summed E-state index contributed by atoms with van der Waals surface area (Å²) in [5, 5.41) is 15.5. The van der Waals surface area contributed by atoms with Gasteiger partial charge in [0.2, 0.25) is 0 Å². The van der Waals surface area contributed by atoms with Crippen LogP contribution in [-0.4, -0.2) is 32.8 Å². The second-order valence-corrected chi connectivity index (χ2v) is 7.33. The van der Waals surface area contributed by atoms with E-state index in [4.69, 9.17) is 4.74 Å². The van der Waals surface area contributed by atoms with Crippen molar-refractivity contribution in [3.05, 3.63) is 98.8 Å². The standard InChI is InChI=1S/C24H16N4O5/c1-33-24(30)14-9-11-16(12-10-14)27-23(29)20-21(15-5-4-6-17(13-15)28(31)32)25-19-8-3-2-7-18(19)22(20)26-27/h2-13,26H,1H3. The average Bonchev–Trinajstić information content (AvgIpc) is 3.20. The van der Waals surface area contributed by atoms with Crippen molar-refractivity contribution in [1.29, 1.82) is 0 Å². The van der Waals surface area contributed by atoms with Crippen LogP contribution in [-0.2, 0) is 4.74 Å². The van der Waals surface area contributed by atoms with Gasteiger partial charge < -0.3 is 4.74 Å². The predicted molar refractivity (Wildman–Crippen MR) is 123 cm³/mol. The molecule has 0 atom stereocenters. The van der Waals surface area contributed by atoms with E-state index in [1.807, 2.05) is 24.3 Å². The van der Waals surface area contributed by atoms with Gasteiger partial charge in [0, 0.05) is 23.1 Å². The molecule has 9 heteroatoms. The number of esters is 1. The Morgan fingerprint density at radius 1 is 1.06 bits per heavy atom. The number of aromatic amines is 1. The molecule has 5 rings (SSSR count). The van der Waals surface area contributed by atoms with Crippen molar-refractivity contribution in [3.63, 3.8) is 0 Å². The number of carbonyl (C=O) groups excluding carboxylic acids is 1. The highest BCUT2D eigenvalue weighted by molar-refractivity contribution is 6.08. The molecule has 0 aliphatic rings. The third-order valence-corrected chi connectivity index (χ3v) is 5.41. The van der Waals surface area contributed by atoms with Gasteiger partial charge in [-0.1, -0.05) is 30.3 Å². The third-order valence-electron chi connectivity index (χ3n) is 5.41. The van der Waals surface area contributed by atoms with Crippen LogP contribution < -0.4 is 5.56 Å². The van der Waals surface area contributed by atoms with E-state index in [0.29, 0.717) is 38.9 Å². The van der Waals surface area contributed by atoms with Crippen LogP contribution in [0.4, 0.5) is 5.69 Å². The number of non-ortho nitro benzene ring substituents is 1. The van der Waals surface area contributed by atoms with E-state index in [1.54, 1.807) is 36.4 Å². The molecule has 3 aromatic carbocycles. The first-order valence-electron chi connectivity index (χ1n) is 9.95. The summed E-state index contributed by atoms with van der Waals surface area (Å²) in [7, 11) is 1.30. The lowest BCUT2D eigenvalue weighted by molar-refractivity contribution is -0.384. The lowest BCUT2D eigenvalue weighted by Gasteiger charge is -2.05. The molecule has 2 aromatic heterocycles. The molecule has 0 unspecified atom stereocenters. The van der Waals surface area contributed by atoms with Crippen molar-refractivity contribution < 1.29 is 14.5 Å². The number of fused-ring (bicyclic) bond motifs is 3. The fraction of sp³-hybridized carbons (Fsp3) is 0.0417. The molecule has 162 valence electrons. The number of benzene rings is 3. The van der Waals surface area contributed by atoms with Gasteiger partial charge in [-0.2, -0.15) is 0 Å². The topological polar surface area (TPSA) is 120 Å². The first-order chi connectivity index (χ1) is 16.0. The summed E-state index contributed by atoms with van der Waals surface area (Å²) in [6, 6.07) is 19.8. The van der Waals surface area contributed by atoms with Crippen LogP contribution in [0, 0.1) is 10.1 Å². The monoisotopic (exact) mass is 440 g/mol. The van der Waals surface area contributed by atoms with E-state index in [2.05, 4.69) is 10.1 Å². The highest BCUT2D eigenvalue weighted by Crippen LogP contribution is 2.31. The smallest absolute Gasteiger partial charge is 0.337 e. The summed E-state index contributed by atoms with van der Waals surface area (Å²) >= 11 is 0. The van der Waals surface area contributed by atoms with Crippen LogP contribution in [0.1, 0.15) is 10.4 Å². The number of nitro benzene ring substituents is 1. The average molecular weight is 440 g/mol. The zero-order chi connectivity index (χ0) is 23.1. The number of rotatable bonds is 4. The second-order valence-electron chi connectivity index (χ2n) is 7.33. The maximum absolute atomic E-state index is 13.5. The summed E-state index contributed by atoms with van der Waals surface area (Å²) in [6.45, 7) is 0. The van der Waals surface area contributed by atoms with Crippen molar-refractivity contribution in [2.45, 2.75) is 0 Å². The Morgan fingerprint density at radius 3 is 2.55 bits per heavy atom. The minimum atomic E-state index is -0.486. The number of nitrogens with zero attached hydrogens (tertiary/aromatic N) is 3. The van der Waals surface area contributed by atoms with E-state index in [0.717, 1.165) is 5.39 Å². The number of methoxy groups -OCH3 is 1. The molecule has 0 saturated carbocycles. The number of para-hydroxylation sites is 1. The Labute approximate surface area is 186 Å². The lowest BCUT2D eigenvalue weighted by Crippen LogP contribution is -2.15. The summed E-state index contributed by atoms with van der Waals surface area (Å²) in [5.41, 5.74) is 2.42. The number of nitro groups is 1. The van der Waals surface area contributed by atoms with Crippen molar-refractivity contribution in [1.82, 2.24) is 14.8 Å². The molecule has 9 nitrogen and oxygen atoms in total. The minimum absolute atomic E-state index is 0.0927. The first-order valence-corrected chi connectivity index (χ1v) is 9.95. The van der Waals surface area contributed by atoms with Gasteiger partial charge in [-0.15, -0.1) is 0 Å². The minimum Gasteiger partial charge on any atom is -0.465 e. The van der Waals surface area contributed by atoms with Gasteiger partial charge in [0.1, 0.15) is 0 Å². The number of nitrogens with one attached hydrogen (secondary N) is 1. The molecular formula is C24H16N4O5. The van der Waals surface area contributed by atoms with E-state index < -0.39 is 10.9 Å². The molecule has 0 amide bonds. The quantitative estimate of drug-likeness (QED) is 0.254. The highest BCUT2D eigenvalue weighted by atomic mass is 16.6. The molecule has 5 aromatic rings. The third kappa shape index (κ3) is 3.32. The Kier molecular flexibility index (Phi) is 4.71. The molecule has 0 aliphatic carbocycles. The summed E-state index contributed by atoms with van der Waals surface area (Å²) in [6.07, 6.45) is 0. The number of hydrogen-bond donors (Lipinski definition) is 1. The van der Waals surface area contributed by atoms with Crippen LogP contribution in [0.2, 0.25) is 0 Å². The molecule has 0 aliphatic heterocycles. The van der Waals surface area contributed by atoms with Crippen LogP contribution in [0.25, 0.3) is 38.8 Å². The normalized spacial score (nSPS) is 11.1. The fourth-order valence-electron chi connectivity index (χ4n) is 3.83. The number of H-pyrrole nitrogens is 1. The Balaban J connectivity index is 1.79. The molecule has 2 heterocycles. The zero-order valence-electron chi connectivity index (χ0n) is 17.3. The first kappa shape index (κ1) is 20.1. The maximum Gasteiger partial charge on any atom is 0.337 e. The van der Waals surface area contributed by atoms with Crippen molar-refractivity contribution in [2.75, 3.05) is 7.11 Å².